The van der Waals surface area contributed by atoms with E-state index in [4.69, 9.17) is 0 Å². The molecule has 0 N–H and O–H groups in total. The second kappa shape index (κ2) is 2.37. The first-order chi connectivity index (χ1) is 6.42. The molecule has 0 unspecified atom stereocenters. The molecule has 4 rings (SSSR count). The molecule has 4 aliphatic rings. The van der Waals surface area contributed by atoms with Crippen molar-refractivity contribution in [1.29, 1.82) is 0 Å². The van der Waals surface area contributed by atoms with Crippen LogP contribution in [0, 0.1) is 0 Å². The third-order valence-electron chi connectivity index (χ3n) is 5.14. The third-order valence-corrected chi connectivity index (χ3v) is 21.9. The van der Waals surface area contributed by atoms with Crippen molar-refractivity contribution in [3.63, 3.8) is 0 Å². The molecule has 4 saturated carbocycles. The van der Waals surface area contributed by atoms with Crippen molar-refractivity contribution in [3.8, 4) is 0 Å². The molecule has 0 bridgehead atoms. The average Bonchev–Trinajstić information content (AvgIpc) is 3.00. The summed E-state index contributed by atoms with van der Waals surface area (Å²) in [6.45, 7) is 0. The van der Waals surface area contributed by atoms with Gasteiger partial charge in [-0.1, -0.05) is 0 Å². The first kappa shape index (κ1) is 7.79. The number of hydrogen-bond acceptors (Lipinski definition) is 0. The van der Waals surface area contributed by atoms with Crippen LogP contribution < -0.4 is 0 Å². The molecule has 0 nitrogen and oxygen atoms in total. The summed E-state index contributed by atoms with van der Waals surface area (Å²) in [4.78, 5) is 0. The average molecular weight is 237 g/mol. The first-order valence-corrected chi connectivity index (χ1v) is 11.3. The van der Waals surface area contributed by atoms with Crippen LogP contribution in [0.3, 0.4) is 0 Å². The van der Waals surface area contributed by atoms with Gasteiger partial charge in [0.15, 0.2) is 0 Å². The molecule has 0 radical (unpaired) electrons. The number of hydrogen-bond donors (Lipinski definition) is 0. The predicted octanol–water partition coefficient (Wildman–Crippen LogP) is 4.09. The van der Waals surface area contributed by atoms with E-state index < -0.39 is 13.3 Å². The Bertz CT molecular complexity index is 178. The molecule has 0 aromatic rings. The zero-order chi connectivity index (χ0) is 8.47. The topological polar surface area (TPSA) is 0 Å². The van der Waals surface area contributed by atoms with Crippen molar-refractivity contribution in [3.05, 3.63) is 0 Å². The standard InChI is InChI=1S/C12H20Ge/c1-2-9(1)13(10-3-4-10,11-5-6-11)12-7-8-12/h9-12H,1-8H2. The predicted molar refractivity (Wildman–Crippen MR) is 57.7 cm³/mol. The quantitative estimate of drug-likeness (QED) is 0.645. The fourth-order valence-corrected chi connectivity index (χ4v) is 22.5. The van der Waals surface area contributed by atoms with Crippen molar-refractivity contribution in [2.24, 2.45) is 0 Å². The summed E-state index contributed by atoms with van der Waals surface area (Å²) in [7, 11) is 0. The monoisotopic (exact) mass is 238 g/mol. The first-order valence-electron chi connectivity index (χ1n) is 6.42. The molecule has 0 aromatic carbocycles. The van der Waals surface area contributed by atoms with Crippen molar-refractivity contribution in [2.75, 3.05) is 0 Å². The van der Waals surface area contributed by atoms with Crippen molar-refractivity contribution in [2.45, 2.75) is 70.4 Å². The molecule has 4 aliphatic carbocycles. The summed E-state index contributed by atoms with van der Waals surface area (Å²) in [6, 6.07) is 0. The van der Waals surface area contributed by atoms with Crippen molar-refractivity contribution >= 4 is 13.3 Å². The van der Waals surface area contributed by atoms with E-state index in [1.807, 2.05) is 0 Å². The Labute approximate surface area is 83.8 Å². The van der Waals surface area contributed by atoms with Crippen molar-refractivity contribution < 1.29 is 0 Å². The van der Waals surface area contributed by atoms with Gasteiger partial charge in [0.2, 0.25) is 0 Å². The molecule has 0 spiro atoms. The van der Waals surface area contributed by atoms with E-state index in [9.17, 15) is 0 Å². The summed E-state index contributed by atoms with van der Waals surface area (Å²) in [6.07, 6.45) is 13.5. The van der Waals surface area contributed by atoms with Crippen molar-refractivity contribution in [1.82, 2.24) is 0 Å². The van der Waals surface area contributed by atoms with E-state index in [0.29, 0.717) is 0 Å². The SMILES string of the molecule is C1C[CH]1[Ge]([CH]1CC1)([CH]1CC1)[CH]1CC1. The van der Waals surface area contributed by atoms with Crippen LogP contribution in [0.2, 0.25) is 19.0 Å². The van der Waals surface area contributed by atoms with Crippen LogP contribution in [0.4, 0.5) is 0 Å². The van der Waals surface area contributed by atoms with E-state index in [1.165, 1.54) is 19.0 Å². The maximum atomic E-state index is 1.68. The fraction of sp³-hybridized carbons (Fsp3) is 1.00. The normalized spacial score (nSPS) is 35.1. The molecule has 4 fully saturated rings. The van der Waals surface area contributed by atoms with E-state index in [-0.39, 0.29) is 0 Å². The van der Waals surface area contributed by atoms with Gasteiger partial charge < -0.3 is 0 Å². The Morgan fingerprint density at radius 3 is 0.846 bits per heavy atom. The maximum absolute atomic E-state index is 1.68. The van der Waals surface area contributed by atoms with Gasteiger partial charge in [-0.25, -0.2) is 0 Å². The van der Waals surface area contributed by atoms with Gasteiger partial charge in [-0.05, 0) is 0 Å². The minimum absolute atomic E-state index is 1.22. The minimum atomic E-state index is -1.22. The molecular formula is C12H20Ge. The molecule has 0 heterocycles. The van der Waals surface area contributed by atoms with Crippen LogP contribution in [-0.4, -0.2) is 13.3 Å². The van der Waals surface area contributed by atoms with Gasteiger partial charge in [-0.2, -0.15) is 0 Å². The van der Waals surface area contributed by atoms with Gasteiger partial charge in [-0.3, -0.25) is 0 Å². The van der Waals surface area contributed by atoms with E-state index in [1.54, 1.807) is 51.4 Å². The molecule has 0 aliphatic heterocycles. The Kier molecular flexibility index (Phi) is 1.42. The molecule has 0 saturated heterocycles. The fourth-order valence-electron chi connectivity index (χ4n) is 4.33. The Morgan fingerprint density at radius 2 is 0.692 bits per heavy atom. The Hall–Kier alpha value is 0.543. The summed E-state index contributed by atoms with van der Waals surface area (Å²) < 4.78 is 5.58. The van der Waals surface area contributed by atoms with E-state index in [2.05, 4.69) is 0 Å². The molecule has 0 atom stereocenters. The number of rotatable bonds is 4. The van der Waals surface area contributed by atoms with Crippen LogP contribution >= 0.6 is 0 Å². The molecular weight excluding hydrogens is 217 g/mol. The Balaban J connectivity index is 1.71. The van der Waals surface area contributed by atoms with Gasteiger partial charge in [-0.15, -0.1) is 0 Å². The summed E-state index contributed by atoms with van der Waals surface area (Å²) in [5.74, 6) is 0. The molecule has 13 heavy (non-hydrogen) atoms. The van der Waals surface area contributed by atoms with Gasteiger partial charge in [0.1, 0.15) is 0 Å². The zero-order valence-corrected chi connectivity index (χ0v) is 10.6. The van der Waals surface area contributed by atoms with Crippen LogP contribution in [0.25, 0.3) is 0 Å². The second-order valence-corrected chi connectivity index (χ2v) is 17.1. The van der Waals surface area contributed by atoms with E-state index in [0.717, 1.165) is 0 Å². The van der Waals surface area contributed by atoms with Crippen LogP contribution in [0.15, 0.2) is 0 Å². The van der Waals surface area contributed by atoms with Crippen LogP contribution in [0.1, 0.15) is 51.4 Å². The molecule has 72 valence electrons. The zero-order valence-electron chi connectivity index (χ0n) is 8.47. The third kappa shape index (κ3) is 1.04. The van der Waals surface area contributed by atoms with Gasteiger partial charge in [0, 0.05) is 0 Å². The van der Waals surface area contributed by atoms with Gasteiger partial charge in [0.25, 0.3) is 0 Å². The second-order valence-electron chi connectivity index (χ2n) is 6.10. The van der Waals surface area contributed by atoms with Gasteiger partial charge in [0.05, 0.1) is 0 Å². The van der Waals surface area contributed by atoms with Crippen LogP contribution in [0.5, 0.6) is 0 Å². The summed E-state index contributed by atoms with van der Waals surface area (Å²) in [5.41, 5.74) is 0. The Morgan fingerprint density at radius 1 is 0.462 bits per heavy atom. The summed E-state index contributed by atoms with van der Waals surface area (Å²) in [5, 5.41) is 0. The summed E-state index contributed by atoms with van der Waals surface area (Å²) >= 11 is -1.22. The molecule has 0 amide bonds. The van der Waals surface area contributed by atoms with E-state index >= 15 is 0 Å². The van der Waals surface area contributed by atoms with Gasteiger partial charge >= 0.3 is 83.6 Å². The molecule has 0 aromatic heterocycles. The van der Waals surface area contributed by atoms with Crippen LogP contribution in [-0.2, 0) is 0 Å². The molecule has 1 heteroatoms.